The van der Waals surface area contributed by atoms with Crippen LogP contribution < -0.4 is 4.74 Å². The molecule has 2 aromatic carbocycles. The molecule has 0 aliphatic heterocycles. The van der Waals surface area contributed by atoms with Gasteiger partial charge >= 0.3 is 10.5 Å². The van der Waals surface area contributed by atoms with E-state index in [0.717, 1.165) is 41.2 Å². The quantitative estimate of drug-likeness (QED) is 0.570. The lowest BCUT2D eigenvalue weighted by molar-refractivity contribution is 0.0984. The number of halogens is 1. The van der Waals surface area contributed by atoms with Gasteiger partial charge < -0.3 is 9.84 Å². The summed E-state index contributed by atoms with van der Waals surface area (Å²) in [6.45, 7) is 4.38. The Labute approximate surface area is 173 Å². The molecule has 0 bridgehead atoms. The van der Waals surface area contributed by atoms with Gasteiger partial charge in [0.1, 0.15) is 12.4 Å². The number of aliphatic hydroxyl groups excluding tert-OH is 1. The van der Waals surface area contributed by atoms with Gasteiger partial charge in [-0.15, -0.1) is 0 Å². The van der Waals surface area contributed by atoms with Crippen LogP contribution in [0.3, 0.4) is 0 Å². The number of ether oxygens (including phenoxy) is 1. The molecule has 0 saturated heterocycles. The fourth-order valence-corrected chi connectivity index (χ4v) is 2.49. The van der Waals surface area contributed by atoms with Crippen LogP contribution in [0.2, 0.25) is 5.02 Å². The number of aliphatic hydroxyl groups is 1. The number of hydrogen-bond donors (Lipinski definition) is 2. The molecule has 0 aliphatic rings. The fraction of sp³-hybridized carbons (Fsp3) is 0.333. The molecule has 7 heteroatoms. The first-order valence-electron chi connectivity index (χ1n) is 8.88. The molecule has 0 radical (unpaired) electrons. The van der Waals surface area contributed by atoms with Crippen LogP contribution >= 0.6 is 11.6 Å². The minimum Gasteiger partial charge on any atom is -0.491 e. The lowest BCUT2D eigenvalue weighted by Crippen LogP contribution is -2.17. The first kappa shape index (κ1) is 23.9. The van der Waals surface area contributed by atoms with Crippen LogP contribution in [-0.4, -0.2) is 26.2 Å². The fourth-order valence-electron chi connectivity index (χ4n) is 2.37. The van der Waals surface area contributed by atoms with E-state index in [2.05, 4.69) is 18.2 Å². The number of allylic oxidation sites excluding steroid dienone is 1. The van der Waals surface area contributed by atoms with Gasteiger partial charge in [-0.25, -0.2) is 0 Å². The summed E-state index contributed by atoms with van der Waals surface area (Å²) in [4.78, 5) is 0. The van der Waals surface area contributed by atoms with Gasteiger partial charge in [0.15, 0.2) is 0 Å². The third-order valence-electron chi connectivity index (χ3n) is 3.86. The second-order valence-electron chi connectivity index (χ2n) is 6.35. The summed E-state index contributed by atoms with van der Waals surface area (Å²) in [5.74, 6) is 0.803. The first-order valence-corrected chi connectivity index (χ1v) is 10.3. The summed E-state index contributed by atoms with van der Waals surface area (Å²) in [5.41, 5.74) is 3.44. The van der Waals surface area contributed by atoms with Crippen LogP contribution in [0.1, 0.15) is 36.0 Å². The maximum atomic E-state index is 9.98. The van der Waals surface area contributed by atoms with Gasteiger partial charge in [-0.05, 0) is 62.4 Å². The second kappa shape index (κ2) is 13.1. The largest absolute Gasteiger partial charge is 0.491 e. The average molecular weight is 424 g/mol. The smallest absolute Gasteiger partial charge is 0.308 e. The summed E-state index contributed by atoms with van der Waals surface area (Å²) < 4.78 is 28.4. The Morgan fingerprint density at radius 2 is 1.82 bits per heavy atom. The zero-order valence-electron chi connectivity index (χ0n) is 16.1. The maximum Gasteiger partial charge on any atom is 0.308 e. The molecule has 152 valence electrons. The molecule has 0 aromatic heterocycles. The van der Waals surface area contributed by atoms with E-state index in [1.54, 1.807) is 0 Å². The van der Waals surface area contributed by atoms with Gasteiger partial charge in [0.25, 0.3) is 0 Å². The average Bonchev–Trinajstić information content (AvgIpc) is 2.63. The lowest BCUT2D eigenvalue weighted by atomic mass is 10.1. The van der Waals surface area contributed by atoms with Gasteiger partial charge in [-0.3, -0.25) is 0 Å². The number of hydrogen-bond acceptors (Lipinski definition) is 5. The molecule has 2 aromatic rings. The highest BCUT2D eigenvalue weighted by atomic mass is 35.5. The van der Waals surface area contributed by atoms with Crippen molar-refractivity contribution in [1.29, 1.82) is 4.78 Å². The summed E-state index contributed by atoms with van der Waals surface area (Å²) in [6.07, 6.45) is 6.40. The Morgan fingerprint density at radius 1 is 1.18 bits per heavy atom. The van der Waals surface area contributed by atoms with Crippen molar-refractivity contribution in [3.63, 3.8) is 0 Å². The molecule has 0 saturated carbocycles. The molecule has 0 heterocycles. The SMILES string of the molecule is Cc1ccc(OCC(O)CCC/C=C/c2ccc(Cl)c(C)c2)cc1.N=S(=O)=O. The highest BCUT2D eigenvalue weighted by Crippen LogP contribution is 2.17. The molecule has 1 unspecified atom stereocenters. The molecule has 28 heavy (non-hydrogen) atoms. The van der Waals surface area contributed by atoms with Crippen LogP contribution in [0.5, 0.6) is 5.75 Å². The topological polar surface area (TPSA) is 87.4 Å². The van der Waals surface area contributed by atoms with Crippen LogP contribution in [0.4, 0.5) is 0 Å². The van der Waals surface area contributed by atoms with Crippen molar-refractivity contribution in [2.75, 3.05) is 6.61 Å². The Bertz CT molecular complexity index is 858. The summed E-state index contributed by atoms with van der Waals surface area (Å²) in [5, 5.41) is 10.8. The predicted molar refractivity (Wildman–Crippen MR) is 113 cm³/mol. The van der Waals surface area contributed by atoms with Gasteiger partial charge in [-0.2, -0.15) is 13.2 Å². The summed E-state index contributed by atoms with van der Waals surface area (Å²) in [6, 6.07) is 13.9. The molecule has 0 aliphatic carbocycles. The lowest BCUT2D eigenvalue weighted by Gasteiger charge is -2.12. The zero-order valence-corrected chi connectivity index (χ0v) is 17.6. The van der Waals surface area contributed by atoms with Gasteiger partial charge in [0.05, 0.1) is 6.10 Å². The van der Waals surface area contributed by atoms with Crippen LogP contribution in [0.15, 0.2) is 48.5 Å². The van der Waals surface area contributed by atoms with Gasteiger partial charge in [0.2, 0.25) is 0 Å². The standard InChI is InChI=1S/C21H25ClO2.HNO2S/c1-16-8-11-20(12-9-16)24-15-19(23)7-5-3-4-6-18-10-13-21(22)17(2)14-18;1-4(2)3/h4,6,8-14,19,23H,3,5,7,15H2,1-2H3;1H/b6-4+;. The second-order valence-corrected chi connectivity index (χ2v) is 7.23. The van der Waals surface area contributed by atoms with Crippen molar-refractivity contribution < 1.29 is 18.3 Å². The Morgan fingerprint density at radius 3 is 2.43 bits per heavy atom. The van der Waals surface area contributed by atoms with E-state index in [9.17, 15) is 5.11 Å². The van der Waals surface area contributed by atoms with Gasteiger partial charge in [0, 0.05) is 5.02 Å². The summed E-state index contributed by atoms with van der Waals surface area (Å²) in [7, 11) is -2.61. The molecule has 5 nitrogen and oxygen atoms in total. The predicted octanol–water partition coefficient (Wildman–Crippen LogP) is 5.21. The molecule has 2 N–H and O–H groups in total. The van der Waals surface area contributed by atoms with Crippen molar-refractivity contribution in [2.45, 2.75) is 39.2 Å². The Kier molecular flexibility index (Phi) is 11.2. The molecular weight excluding hydrogens is 398 g/mol. The van der Waals surface area contributed by atoms with E-state index in [1.165, 1.54) is 5.56 Å². The maximum absolute atomic E-state index is 9.98. The molecule has 2 rings (SSSR count). The molecule has 0 amide bonds. The monoisotopic (exact) mass is 423 g/mol. The van der Waals surface area contributed by atoms with E-state index in [0.29, 0.717) is 6.61 Å². The highest BCUT2D eigenvalue weighted by molar-refractivity contribution is 7.60. The molecule has 1 atom stereocenters. The third-order valence-corrected chi connectivity index (χ3v) is 4.29. The van der Waals surface area contributed by atoms with Crippen molar-refractivity contribution in [3.05, 3.63) is 70.3 Å². The van der Waals surface area contributed by atoms with Gasteiger partial charge in [-0.1, -0.05) is 53.6 Å². The highest BCUT2D eigenvalue weighted by Gasteiger charge is 2.04. The van der Waals surface area contributed by atoms with Crippen molar-refractivity contribution >= 4 is 28.2 Å². The van der Waals surface area contributed by atoms with Crippen molar-refractivity contribution in [1.82, 2.24) is 0 Å². The van der Waals surface area contributed by atoms with E-state index < -0.39 is 16.6 Å². The number of aryl methyl sites for hydroxylation is 2. The minimum absolute atomic E-state index is 0.336. The molecule has 0 spiro atoms. The van der Waals surface area contributed by atoms with E-state index >= 15 is 0 Å². The molecular formula is C21H26ClNO4S. The van der Waals surface area contributed by atoms with Crippen LogP contribution in [0.25, 0.3) is 6.08 Å². The number of nitrogens with one attached hydrogen (secondary N) is 1. The van der Waals surface area contributed by atoms with E-state index in [1.807, 2.05) is 50.2 Å². The number of benzene rings is 2. The minimum atomic E-state index is -2.61. The summed E-state index contributed by atoms with van der Waals surface area (Å²) >= 11 is 6.02. The van der Waals surface area contributed by atoms with Crippen molar-refractivity contribution in [3.8, 4) is 5.75 Å². The Balaban J connectivity index is 0.000000892. The number of rotatable bonds is 8. The normalized spacial score (nSPS) is 11.6. The van der Waals surface area contributed by atoms with Crippen LogP contribution in [-0.2, 0) is 10.5 Å². The Hall–Kier alpha value is -2.15. The number of unbranched alkanes of at least 4 members (excludes halogenated alkanes) is 1. The van der Waals surface area contributed by atoms with Crippen molar-refractivity contribution in [2.24, 2.45) is 0 Å². The first-order chi connectivity index (χ1) is 13.3. The third kappa shape index (κ3) is 10.9. The molecule has 0 fully saturated rings. The van der Waals surface area contributed by atoms with Crippen LogP contribution in [0, 0.1) is 18.6 Å². The zero-order chi connectivity index (χ0) is 20.9. The van der Waals surface area contributed by atoms with E-state index in [-0.39, 0.29) is 0 Å². The van der Waals surface area contributed by atoms with E-state index in [4.69, 9.17) is 29.5 Å².